The molecule has 2 atom stereocenters. The van der Waals surface area contributed by atoms with Crippen molar-refractivity contribution in [1.29, 1.82) is 5.26 Å². The van der Waals surface area contributed by atoms with Crippen LogP contribution in [0.2, 0.25) is 0 Å². The lowest BCUT2D eigenvalue weighted by Crippen LogP contribution is -2.50. The normalized spacial score (nSPS) is 23.0. The van der Waals surface area contributed by atoms with Crippen LogP contribution in [0.3, 0.4) is 0 Å². The summed E-state index contributed by atoms with van der Waals surface area (Å²) in [7, 11) is 0. The van der Waals surface area contributed by atoms with Crippen LogP contribution in [0.25, 0.3) is 0 Å². The Morgan fingerprint density at radius 3 is 2.58 bits per heavy atom. The van der Waals surface area contributed by atoms with E-state index in [0.29, 0.717) is 32.6 Å². The van der Waals surface area contributed by atoms with Gasteiger partial charge < -0.3 is 9.64 Å². The summed E-state index contributed by atoms with van der Waals surface area (Å²) in [6.45, 7) is 3.28. The molecule has 6 heteroatoms. The minimum atomic E-state index is -0.402. The number of halogens is 1. The maximum absolute atomic E-state index is 13.1. The quantitative estimate of drug-likeness (QED) is 0.848. The first-order valence-corrected chi connectivity index (χ1v) is 8.46. The van der Waals surface area contributed by atoms with E-state index in [-0.39, 0.29) is 17.8 Å². The van der Waals surface area contributed by atoms with Crippen molar-refractivity contribution >= 4 is 5.91 Å². The van der Waals surface area contributed by atoms with Crippen molar-refractivity contribution < 1.29 is 13.9 Å². The summed E-state index contributed by atoms with van der Waals surface area (Å²) in [5, 5.41) is 9.48. The fourth-order valence-electron chi connectivity index (χ4n) is 3.37. The molecular weight excluding hydrogens is 309 g/mol. The molecule has 0 N–H and O–H groups in total. The van der Waals surface area contributed by atoms with Gasteiger partial charge in [0.2, 0.25) is 5.91 Å². The second kappa shape index (κ2) is 7.73. The van der Waals surface area contributed by atoms with Crippen LogP contribution in [-0.2, 0) is 9.53 Å². The van der Waals surface area contributed by atoms with Gasteiger partial charge in [-0.3, -0.25) is 9.69 Å². The first-order valence-electron chi connectivity index (χ1n) is 8.46. The monoisotopic (exact) mass is 331 g/mol. The molecule has 1 amide bonds. The Labute approximate surface area is 141 Å². The van der Waals surface area contributed by atoms with E-state index in [1.807, 2.05) is 9.80 Å². The average Bonchev–Trinajstić information content (AvgIpc) is 3.11. The molecule has 0 aromatic heterocycles. The first-order chi connectivity index (χ1) is 11.7. The third-order valence-corrected chi connectivity index (χ3v) is 4.77. The van der Waals surface area contributed by atoms with E-state index < -0.39 is 6.04 Å². The fraction of sp³-hybridized carbons (Fsp3) is 0.556. The number of benzene rings is 1. The fourth-order valence-corrected chi connectivity index (χ4v) is 3.37. The van der Waals surface area contributed by atoms with Crippen LogP contribution in [0.4, 0.5) is 4.39 Å². The minimum Gasteiger partial charge on any atom is -0.378 e. The zero-order valence-electron chi connectivity index (χ0n) is 13.7. The predicted molar refractivity (Wildman–Crippen MR) is 86.5 cm³/mol. The number of piperazine rings is 1. The van der Waals surface area contributed by atoms with E-state index in [0.717, 1.165) is 25.0 Å². The van der Waals surface area contributed by atoms with Crippen LogP contribution in [0, 0.1) is 17.1 Å². The number of nitrogens with zero attached hydrogens (tertiary/aromatic N) is 3. The zero-order valence-corrected chi connectivity index (χ0v) is 13.7. The molecule has 128 valence electrons. The zero-order chi connectivity index (χ0) is 16.9. The molecule has 0 radical (unpaired) electrons. The summed E-state index contributed by atoms with van der Waals surface area (Å²) in [4.78, 5) is 16.2. The van der Waals surface area contributed by atoms with Gasteiger partial charge in [-0.25, -0.2) is 4.39 Å². The molecule has 2 aliphatic rings. The molecule has 0 spiro atoms. The highest BCUT2D eigenvalue weighted by molar-refractivity contribution is 5.76. The maximum atomic E-state index is 13.1. The molecular formula is C18H22FN3O2. The van der Waals surface area contributed by atoms with E-state index in [4.69, 9.17) is 4.74 Å². The van der Waals surface area contributed by atoms with Crippen molar-refractivity contribution in [3.05, 3.63) is 35.6 Å². The molecule has 3 rings (SSSR count). The van der Waals surface area contributed by atoms with Gasteiger partial charge in [0.15, 0.2) is 0 Å². The van der Waals surface area contributed by atoms with Crippen molar-refractivity contribution in [2.45, 2.75) is 31.4 Å². The third-order valence-electron chi connectivity index (χ3n) is 4.77. The molecule has 1 aromatic carbocycles. The lowest BCUT2D eigenvalue weighted by molar-refractivity contribution is -0.135. The SMILES string of the molecule is N#CC(c1ccc(F)cc1)N1CCN(C(=O)CC2CCCO2)CC1. The number of carbonyl (C=O) groups is 1. The third kappa shape index (κ3) is 3.92. The molecule has 1 aromatic rings. The van der Waals surface area contributed by atoms with Crippen molar-refractivity contribution in [2.24, 2.45) is 0 Å². The van der Waals surface area contributed by atoms with Gasteiger partial charge in [0.25, 0.3) is 0 Å². The highest BCUT2D eigenvalue weighted by atomic mass is 19.1. The Morgan fingerprint density at radius 1 is 1.29 bits per heavy atom. The maximum Gasteiger partial charge on any atom is 0.225 e. The summed E-state index contributed by atoms with van der Waals surface area (Å²) < 4.78 is 18.6. The van der Waals surface area contributed by atoms with Crippen LogP contribution >= 0.6 is 0 Å². The van der Waals surface area contributed by atoms with Gasteiger partial charge in [-0.15, -0.1) is 0 Å². The number of ether oxygens (including phenoxy) is 1. The molecule has 2 heterocycles. The van der Waals surface area contributed by atoms with Crippen molar-refractivity contribution in [3.63, 3.8) is 0 Å². The van der Waals surface area contributed by atoms with Gasteiger partial charge in [0.05, 0.1) is 18.6 Å². The average molecular weight is 331 g/mol. The van der Waals surface area contributed by atoms with E-state index in [9.17, 15) is 14.4 Å². The van der Waals surface area contributed by atoms with Crippen LogP contribution < -0.4 is 0 Å². The number of amides is 1. The second-order valence-electron chi connectivity index (χ2n) is 6.34. The summed E-state index contributed by atoms with van der Waals surface area (Å²) in [5.74, 6) is -0.170. The number of rotatable bonds is 4. The molecule has 2 fully saturated rings. The summed E-state index contributed by atoms with van der Waals surface area (Å²) in [5.41, 5.74) is 0.790. The smallest absolute Gasteiger partial charge is 0.225 e. The van der Waals surface area contributed by atoms with E-state index in [1.54, 1.807) is 12.1 Å². The lowest BCUT2D eigenvalue weighted by Gasteiger charge is -2.37. The van der Waals surface area contributed by atoms with Gasteiger partial charge in [-0.1, -0.05) is 12.1 Å². The highest BCUT2D eigenvalue weighted by Crippen LogP contribution is 2.23. The number of hydrogen-bond donors (Lipinski definition) is 0. The van der Waals surface area contributed by atoms with Gasteiger partial charge >= 0.3 is 0 Å². The summed E-state index contributed by atoms with van der Waals surface area (Å²) in [6.07, 6.45) is 2.53. The summed E-state index contributed by atoms with van der Waals surface area (Å²) >= 11 is 0. The van der Waals surface area contributed by atoms with Crippen LogP contribution in [0.5, 0.6) is 0 Å². The minimum absolute atomic E-state index is 0.0709. The molecule has 0 saturated carbocycles. The van der Waals surface area contributed by atoms with Crippen molar-refractivity contribution in [3.8, 4) is 6.07 Å². The van der Waals surface area contributed by atoms with Gasteiger partial charge in [0.1, 0.15) is 11.9 Å². The summed E-state index contributed by atoms with van der Waals surface area (Å²) in [6, 6.07) is 7.94. The topological polar surface area (TPSA) is 56.6 Å². The predicted octanol–water partition coefficient (Wildman–Crippen LogP) is 2.10. The van der Waals surface area contributed by atoms with E-state index in [1.165, 1.54) is 12.1 Å². The number of nitriles is 1. The Morgan fingerprint density at radius 2 is 2.00 bits per heavy atom. The van der Waals surface area contributed by atoms with Crippen molar-refractivity contribution in [1.82, 2.24) is 9.80 Å². The Balaban J connectivity index is 1.54. The van der Waals surface area contributed by atoms with Gasteiger partial charge in [-0.2, -0.15) is 5.26 Å². The molecule has 5 nitrogen and oxygen atoms in total. The molecule has 0 bridgehead atoms. The lowest BCUT2D eigenvalue weighted by atomic mass is 10.1. The standard InChI is InChI=1S/C18H22FN3O2/c19-15-5-3-14(4-6-15)17(13-20)21-7-9-22(10-8-21)18(23)12-16-2-1-11-24-16/h3-6,16-17H,1-2,7-12H2. The number of hydrogen-bond acceptors (Lipinski definition) is 4. The second-order valence-corrected chi connectivity index (χ2v) is 6.34. The number of carbonyl (C=O) groups excluding carboxylic acids is 1. The van der Waals surface area contributed by atoms with Gasteiger partial charge in [-0.05, 0) is 30.5 Å². The molecule has 0 aliphatic carbocycles. The Hall–Kier alpha value is -1.97. The Bertz CT molecular complexity index is 600. The largest absolute Gasteiger partial charge is 0.378 e. The highest BCUT2D eigenvalue weighted by Gasteiger charge is 2.28. The van der Waals surface area contributed by atoms with Gasteiger partial charge in [0, 0.05) is 32.8 Å². The molecule has 2 unspecified atom stereocenters. The van der Waals surface area contributed by atoms with E-state index in [2.05, 4.69) is 6.07 Å². The molecule has 2 saturated heterocycles. The first kappa shape index (κ1) is 16.9. The van der Waals surface area contributed by atoms with Crippen LogP contribution in [-0.4, -0.2) is 54.6 Å². The molecule has 2 aliphatic heterocycles. The van der Waals surface area contributed by atoms with Crippen LogP contribution in [0.15, 0.2) is 24.3 Å². The molecule has 24 heavy (non-hydrogen) atoms. The van der Waals surface area contributed by atoms with Crippen molar-refractivity contribution in [2.75, 3.05) is 32.8 Å². The van der Waals surface area contributed by atoms with Crippen LogP contribution in [0.1, 0.15) is 30.9 Å². The Kier molecular flexibility index (Phi) is 5.44. The van der Waals surface area contributed by atoms with E-state index >= 15 is 0 Å².